The highest BCUT2D eigenvalue weighted by Crippen LogP contribution is 3.02. The highest BCUT2D eigenvalue weighted by Gasteiger charge is 2.65. The fraction of sp³-hybridized carbons (Fsp3) is 0.500. The van der Waals surface area contributed by atoms with Crippen molar-refractivity contribution in [3.8, 4) is 5.75 Å². The van der Waals surface area contributed by atoms with E-state index in [4.69, 9.17) is 4.74 Å². The molecule has 1 heterocycles. The molecule has 164 valence electrons. The summed E-state index contributed by atoms with van der Waals surface area (Å²) in [5, 5.41) is 6.78. The minimum atomic E-state index is -9.75. The predicted octanol–water partition coefficient (Wildman–Crippen LogP) is 6.09. The summed E-state index contributed by atoms with van der Waals surface area (Å²) in [6, 6.07) is 2.05. The van der Waals surface area contributed by atoms with Gasteiger partial charge in [-0.25, -0.2) is 0 Å². The van der Waals surface area contributed by atoms with Crippen LogP contribution in [0.25, 0.3) is 0 Å². The zero-order valence-corrected chi connectivity index (χ0v) is 17.0. The Kier molecular flexibility index (Phi) is 5.79. The van der Waals surface area contributed by atoms with Crippen LogP contribution in [0.2, 0.25) is 0 Å². The molecule has 0 radical (unpaired) electrons. The van der Waals surface area contributed by atoms with E-state index in [0.717, 1.165) is 31.9 Å². The number of piperidine rings is 1. The minimum absolute atomic E-state index is 0.0167. The number of hydrogen-bond donors (Lipinski definition) is 2. The highest BCUT2D eigenvalue weighted by molar-refractivity contribution is 8.45. The van der Waals surface area contributed by atoms with Gasteiger partial charge in [0.25, 0.3) is 0 Å². The van der Waals surface area contributed by atoms with E-state index < -0.39 is 15.1 Å². The van der Waals surface area contributed by atoms with Crippen molar-refractivity contribution in [2.75, 3.05) is 13.2 Å². The summed E-state index contributed by atoms with van der Waals surface area (Å²) in [6.07, 6.45) is 10.9. The van der Waals surface area contributed by atoms with Crippen LogP contribution in [0.4, 0.5) is 19.4 Å². The summed E-state index contributed by atoms with van der Waals surface area (Å²) >= 11 is 0. The number of rotatable bonds is 7. The zero-order valence-electron chi connectivity index (χ0n) is 16.2. The minimum Gasteiger partial charge on any atom is -0.494 e. The fourth-order valence-electron chi connectivity index (χ4n) is 3.93. The van der Waals surface area contributed by atoms with Crippen molar-refractivity contribution < 1.29 is 24.2 Å². The Bertz CT molecular complexity index is 794. The van der Waals surface area contributed by atoms with Crippen LogP contribution in [0.3, 0.4) is 0 Å². The monoisotopic (exact) mass is 438 g/mol. The molecule has 1 aliphatic heterocycles. The molecule has 3 nitrogen and oxygen atoms in total. The Labute approximate surface area is 168 Å². The second kappa shape index (κ2) is 7.59. The van der Waals surface area contributed by atoms with Crippen LogP contribution in [0.5, 0.6) is 5.75 Å². The second-order valence-electron chi connectivity index (χ2n) is 7.49. The third-order valence-corrected chi connectivity index (χ3v) is 6.46. The van der Waals surface area contributed by atoms with Crippen molar-refractivity contribution >= 4 is 10.2 Å². The van der Waals surface area contributed by atoms with Crippen molar-refractivity contribution in [2.24, 2.45) is 5.92 Å². The first-order valence-corrected chi connectivity index (χ1v) is 11.7. The summed E-state index contributed by atoms with van der Waals surface area (Å²) in [7, 11) is -9.75. The van der Waals surface area contributed by atoms with Gasteiger partial charge in [0.1, 0.15) is 10.6 Å². The molecule has 1 aromatic carbocycles. The molecule has 3 atom stereocenters. The molecule has 9 heteroatoms. The molecular formula is C20H27F5N2OS. The average molecular weight is 439 g/mol. The van der Waals surface area contributed by atoms with Crippen LogP contribution >= 0.6 is 10.2 Å². The maximum Gasteiger partial charge on any atom is 0.310 e. The van der Waals surface area contributed by atoms with Gasteiger partial charge in [0.2, 0.25) is 0 Å². The molecule has 0 aromatic heterocycles. The molecule has 1 saturated heterocycles. The summed E-state index contributed by atoms with van der Waals surface area (Å²) in [4.78, 5) is -1.89. The van der Waals surface area contributed by atoms with Gasteiger partial charge >= 0.3 is 10.2 Å². The van der Waals surface area contributed by atoms with E-state index in [1.54, 1.807) is 6.92 Å². The third-order valence-electron chi connectivity index (χ3n) is 5.31. The van der Waals surface area contributed by atoms with Gasteiger partial charge in [-0.15, -0.1) is 0 Å². The first kappa shape index (κ1) is 22.1. The Morgan fingerprint density at radius 3 is 2.62 bits per heavy atom. The predicted molar refractivity (Wildman–Crippen MR) is 107 cm³/mol. The van der Waals surface area contributed by atoms with Gasteiger partial charge in [0.05, 0.1) is 6.61 Å². The van der Waals surface area contributed by atoms with Gasteiger partial charge in [-0.05, 0) is 56.8 Å². The Morgan fingerprint density at radius 1 is 1.17 bits per heavy atom. The maximum absolute atomic E-state index is 13.3. The second-order valence-corrected chi connectivity index (χ2v) is 9.90. The first-order valence-electron chi connectivity index (χ1n) is 9.78. The lowest BCUT2D eigenvalue weighted by Crippen LogP contribution is -2.54. The molecule has 1 aromatic rings. The van der Waals surface area contributed by atoms with Crippen molar-refractivity contribution in [3.63, 3.8) is 0 Å². The van der Waals surface area contributed by atoms with Crippen LogP contribution < -0.4 is 15.4 Å². The molecule has 1 aliphatic carbocycles. The third kappa shape index (κ3) is 5.73. The van der Waals surface area contributed by atoms with Crippen molar-refractivity contribution in [1.29, 1.82) is 0 Å². The van der Waals surface area contributed by atoms with E-state index in [2.05, 4.69) is 22.8 Å². The number of nitrogens with one attached hydrogen (secondary N) is 2. The summed E-state index contributed by atoms with van der Waals surface area (Å²) in [6.45, 7) is 2.82. The Morgan fingerprint density at radius 2 is 1.97 bits per heavy atom. The number of hydrogen-bond acceptors (Lipinski definition) is 3. The van der Waals surface area contributed by atoms with Crippen molar-refractivity contribution in [1.82, 2.24) is 10.6 Å². The van der Waals surface area contributed by atoms with E-state index in [9.17, 15) is 19.4 Å². The first-order chi connectivity index (χ1) is 13.5. The lowest BCUT2D eigenvalue weighted by Gasteiger charge is -2.41. The number of benzene rings is 1. The molecule has 1 fully saturated rings. The highest BCUT2D eigenvalue weighted by atomic mass is 32.5. The largest absolute Gasteiger partial charge is 0.494 e. The Hall–Kier alpha value is -1.58. The smallest absolute Gasteiger partial charge is 0.310 e. The normalized spacial score (nSPS) is 27.3. The summed E-state index contributed by atoms with van der Waals surface area (Å²) < 4.78 is 71.7. The molecule has 0 bridgehead atoms. The maximum atomic E-state index is 13.3. The molecular weight excluding hydrogens is 411 g/mol. The molecule has 29 heavy (non-hydrogen) atoms. The topological polar surface area (TPSA) is 33.3 Å². The number of ether oxygens (including phenoxy) is 1. The quantitative estimate of drug-likeness (QED) is 0.506. The molecule has 0 saturated carbocycles. The van der Waals surface area contributed by atoms with Gasteiger partial charge in [0, 0.05) is 24.2 Å². The van der Waals surface area contributed by atoms with E-state index in [-0.39, 0.29) is 42.5 Å². The molecule has 0 spiro atoms. The van der Waals surface area contributed by atoms with Gasteiger partial charge in [0.15, 0.2) is 0 Å². The zero-order chi connectivity index (χ0) is 21.2. The van der Waals surface area contributed by atoms with E-state index in [1.807, 2.05) is 12.2 Å². The van der Waals surface area contributed by atoms with Crippen molar-refractivity contribution in [2.45, 2.75) is 49.7 Å². The van der Waals surface area contributed by atoms with E-state index >= 15 is 0 Å². The van der Waals surface area contributed by atoms with Gasteiger partial charge in [-0.3, -0.25) is 0 Å². The lowest BCUT2D eigenvalue weighted by molar-refractivity contribution is 0.251. The van der Waals surface area contributed by atoms with Gasteiger partial charge < -0.3 is 15.4 Å². The van der Waals surface area contributed by atoms with Crippen LogP contribution in [0, 0.1) is 5.92 Å². The van der Waals surface area contributed by atoms with Crippen LogP contribution in [0.1, 0.15) is 31.7 Å². The van der Waals surface area contributed by atoms with Gasteiger partial charge in [-0.2, -0.15) is 0 Å². The molecule has 0 amide bonds. The van der Waals surface area contributed by atoms with Crippen LogP contribution in [0.15, 0.2) is 47.4 Å². The average Bonchev–Trinajstić information content (AvgIpc) is 2.66. The fourth-order valence-corrected chi connectivity index (χ4v) is 4.62. The number of halogens is 5. The summed E-state index contributed by atoms with van der Waals surface area (Å²) in [5.41, 5.74) is 0.0843. The molecule has 1 unspecified atom stereocenters. The lowest BCUT2D eigenvalue weighted by atomic mass is 9.84. The van der Waals surface area contributed by atoms with E-state index in [1.165, 1.54) is 0 Å². The molecule has 2 N–H and O–H groups in total. The standard InChI is InChI=1S/C20H27F5N2OS/c1-2-28-19-11-10-17(29(21,22,23,24)25)13-16(19)14-27-18-9-6-12-26-20(18)15-7-4-3-5-8-15/h3-5,7,10-11,13,15,18,20,26-27H,2,6,8-9,12,14H2,1H3/t15?,18-,20-/m0/s1. The van der Waals surface area contributed by atoms with E-state index in [0.29, 0.717) is 12.1 Å². The number of allylic oxidation sites excluding steroid dienone is 3. The van der Waals surface area contributed by atoms with Crippen molar-refractivity contribution in [3.05, 3.63) is 48.1 Å². The summed E-state index contributed by atoms with van der Waals surface area (Å²) in [5.74, 6) is 0.464. The van der Waals surface area contributed by atoms with Crippen LogP contribution in [-0.4, -0.2) is 25.2 Å². The van der Waals surface area contributed by atoms with Crippen LogP contribution in [-0.2, 0) is 6.54 Å². The molecule has 2 aliphatic rings. The Balaban J connectivity index is 1.80. The molecule has 3 rings (SSSR count). The SMILES string of the molecule is CCOc1ccc(S(F)(F)(F)(F)F)cc1CN[C@H]1CCCN[C@H]1C1C=CC=CC1. The van der Waals surface area contributed by atoms with Gasteiger partial charge in [-0.1, -0.05) is 43.7 Å².